The minimum Gasteiger partial charge on any atom is -0.381 e. The third-order valence-electron chi connectivity index (χ3n) is 2.78. The number of thiophene rings is 1. The summed E-state index contributed by atoms with van der Waals surface area (Å²) in [6, 6.07) is 12.7. The van der Waals surface area contributed by atoms with E-state index >= 15 is 0 Å². The maximum atomic E-state index is 9.12. The Morgan fingerprint density at radius 3 is 2.89 bits per heavy atom. The molecule has 0 amide bonds. The Kier molecular flexibility index (Phi) is 4.01. The first kappa shape index (κ1) is 12.7. The number of nitrogens with zero attached hydrogens (tertiary/aromatic N) is 1. The molecule has 1 atom stereocenters. The molecule has 3 heteroatoms. The Balaban J connectivity index is 2.07. The third-order valence-corrected chi connectivity index (χ3v) is 3.68. The molecule has 18 heavy (non-hydrogen) atoms. The van der Waals surface area contributed by atoms with Gasteiger partial charge in [0.05, 0.1) is 11.3 Å². The highest BCUT2D eigenvalue weighted by atomic mass is 32.1. The fourth-order valence-electron chi connectivity index (χ4n) is 1.92. The van der Waals surface area contributed by atoms with Crippen LogP contribution in [0.5, 0.6) is 0 Å². The normalized spacial score (nSPS) is 11.8. The highest BCUT2D eigenvalue weighted by Gasteiger charge is 2.07. The lowest BCUT2D eigenvalue weighted by atomic mass is 10.1. The van der Waals surface area contributed by atoms with Crippen molar-refractivity contribution in [2.45, 2.75) is 26.3 Å². The number of aryl methyl sites for hydroxylation is 1. The molecule has 92 valence electrons. The number of nitrogens with one attached hydrogen (secondary N) is 1. The minimum atomic E-state index is 0.318. The zero-order valence-corrected chi connectivity index (χ0v) is 11.4. The standard InChI is InChI=1S/C15H16N2S/c1-11-5-6-15(13(8-11)10-16)17-12(2)9-14-4-3-7-18-14/h3-8,12,17H,9H2,1-2H3. The summed E-state index contributed by atoms with van der Waals surface area (Å²) >= 11 is 1.77. The van der Waals surface area contributed by atoms with Gasteiger partial charge in [-0.2, -0.15) is 5.26 Å². The van der Waals surface area contributed by atoms with E-state index in [0.29, 0.717) is 11.6 Å². The molecule has 0 aliphatic heterocycles. The van der Waals surface area contributed by atoms with Crippen LogP contribution >= 0.6 is 11.3 Å². The van der Waals surface area contributed by atoms with Crippen LogP contribution in [0, 0.1) is 18.3 Å². The Bertz CT molecular complexity index is 552. The molecule has 2 aromatic rings. The molecule has 0 saturated carbocycles. The zero-order chi connectivity index (χ0) is 13.0. The van der Waals surface area contributed by atoms with Gasteiger partial charge in [0.1, 0.15) is 6.07 Å². The fourth-order valence-corrected chi connectivity index (χ4v) is 2.76. The average Bonchev–Trinajstić information content (AvgIpc) is 2.84. The first-order valence-electron chi connectivity index (χ1n) is 5.98. The van der Waals surface area contributed by atoms with E-state index in [1.54, 1.807) is 11.3 Å². The maximum Gasteiger partial charge on any atom is 0.101 e. The van der Waals surface area contributed by atoms with E-state index in [1.807, 2.05) is 25.1 Å². The van der Waals surface area contributed by atoms with Gasteiger partial charge in [0.2, 0.25) is 0 Å². The number of hydrogen-bond donors (Lipinski definition) is 1. The van der Waals surface area contributed by atoms with Crippen molar-refractivity contribution in [1.29, 1.82) is 5.26 Å². The van der Waals surface area contributed by atoms with Gasteiger partial charge in [0, 0.05) is 17.3 Å². The monoisotopic (exact) mass is 256 g/mol. The second-order valence-corrected chi connectivity index (χ2v) is 5.52. The van der Waals surface area contributed by atoms with Gasteiger partial charge in [-0.1, -0.05) is 12.1 Å². The second-order valence-electron chi connectivity index (χ2n) is 4.49. The molecule has 0 spiro atoms. The third kappa shape index (κ3) is 3.12. The van der Waals surface area contributed by atoms with Crippen molar-refractivity contribution in [3.8, 4) is 6.07 Å². The highest BCUT2D eigenvalue weighted by molar-refractivity contribution is 7.09. The van der Waals surface area contributed by atoms with E-state index in [-0.39, 0.29) is 0 Å². The molecule has 0 radical (unpaired) electrons. The zero-order valence-electron chi connectivity index (χ0n) is 10.6. The van der Waals surface area contributed by atoms with E-state index in [4.69, 9.17) is 5.26 Å². The number of anilines is 1. The topological polar surface area (TPSA) is 35.8 Å². The van der Waals surface area contributed by atoms with E-state index < -0.39 is 0 Å². The fraction of sp³-hybridized carbons (Fsp3) is 0.267. The summed E-state index contributed by atoms with van der Waals surface area (Å²) in [5, 5.41) is 14.6. The van der Waals surface area contributed by atoms with Crippen LogP contribution in [0.2, 0.25) is 0 Å². The lowest BCUT2D eigenvalue weighted by Gasteiger charge is -2.15. The van der Waals surface area contributed by atoms with Gasteiger partial charge in [0.15, 0.2) is 0 Å². The molecule has 1 aromatic carbocycles. The van der Waals surface area contributed by atoms with Crippen LogP contribution in [0.25, 0.3) is 0 Å². The van der Waals surface area contributed by atoms with Crippen molar-refractivity contribution in [3.63, 3.8) is 0 Å². The summed E-state index contributed by atoms with van der Waals surface area (Å²) < 4.78 is 0. The van der Waals surface area contributed by atoms with Crippen LogP contribution in [-0.4, -0.2) is 6.04 Å². The Morgan fingerprint density at radius 2 is 2.22 bits per heavy atom. The van der Waals surface area contributed by atoms with Gasteiger partial charge in [-0.25, -0.2) is 0 Å². The van der Waals surface area contributed by atoms with Crippen LogP contribution in [0.15, 0.2) is 35.7 Å². The number of benzene rings is 1. The first-order valence-corrected chi connectivity index (χ1v) is 6.86. The molecule has 0 saturated heterocycles. The molecular weight excluding hydrogens is 240 g/mol. The molecule has 0 aliphatic carbocycles. The summed E-state index contributed by atoms with van der Waals surface area (Å²) in [5.74, 6) is 0. The van der Waals surface area contributed by atoms with Gasteiger partial charge < -0.3 is 5.32 Å². The van der Waals surface area contributed by atoms with Crippen LogP contribution in [-0.2, 0) is 6.42 Å². The molecule has 1 aromatic heterocycles. The van der Waals surface area contributed by atoms with Gasteiger partial charge in [-0.05, 0) is 43.0 Å². The van der Waals surface area contributed by atoms with Crippen LogP contribution in [0.3, 0.4) is 0 Å². The van der Waals surface area contributed by atoms with Gasteiger partial charge >= 0.3 is 0 Å². The van der Waals surface area contributed by atoms with Gasteiger partial charge in [-0.3, -0.25) is 0 Å². The van der Waals surface area contributed by atoms with E-state index in [2.05, 4.69) is 35.8 Å². The Labute approximate surface area is 112 Å². The molecule has 0 aliphatic rings. The molecular formula is C15H16N2S. The van der Waals surface area contributed by atoms with E-state index in [1.165, 1.54) is 4.88 Å². The Hall–Kier alpha value is -1.79. The second kappa shape index (κ2) is 5.70. The smallest absolute Gasteiger partial charge is 0.101 e. The Morgan fingerprint density at radius 1 is 1.39 bits per heavy atom. The van der Waals surface area contributed by atoms with Crippen molar-refractivity contribution in [2.24, 2.45) is 0 Å². The van der Waals surface area contributed by atoms with Gasteiger partial charge in [0.25, 0.3) is 0 Å². The number of rotatable bonds is 4. The van der Waals surface area contributed by atoms with Crippen molar-refractivity contribution < 1.29 is 0 Å². The largest absolute Gasteiger partial charge is 0.381 e. The van der Waals surface area contributed by atoms with Crippen molar-refractivity contribution in [3.05, 3.63) is 51.7 Å². The van der Waals surface area contributed by atoms with E-state index in [0.717, 1.165) is 17.7 Å². The average molecular weight is 256 g/mol. The quantitative estimate of drug-likeness (QED) is 0.898. The minimum absolute atomic E-state index is 0.318. The molecule has 1 heterocycles. The molecule has 2 nitrogen and oxygen atoms in total. The molecule has 1 unspecified atom stereocenters. The molecule has 2 rings (SSSR count). The van der Waals surface area contributed by atoms with Crippen molar-refractivity contribution in [1.82, 2.24) is 0 Å². The lowest BCUT2D eigenvalue weighted by molar-refractivity contribution is 0.800. The van der Waals surface area contributed by atoms with Crippen LogP contribution < -0.4 is 5.32 Å². The predicted octanol–water partition coefficient (Wildman–Crippen LogP) is 3.97. The lowest BCUT2D eigenvalue weighted by Crippen LogP contribution is -2.18. The summed E-state index contributed by atoms with van der Waals surface area (Å²) in [6.45, 7) is 4.14. The SMILES string of the molecule is Cc1ccc(NC(C)Cc2cccs2)c(C#N)c1. The van der Waals surface area contributed by atoms with Crippen LogP contribution in [0.4, 0.5) is 5.69 Å². The summed E-state index contributed by atoms with van der Waals surface area (Å²) in [4.78, 5) is 1.36. The molecule has 0 bridgehead atoms. The molecule has 1 N–H and O–H groups in total. The van der Waals surface area contributed by atoms with Crippen LogP contribution in [0.1, 0.15) is 22.9 Å². The maximum absolute atomic E-state index is 9.12. The highest BCUT2D eigenvalue weighted by Crippen LogP contribution is 2.19. The van der Waals surface area contributed by atoms with Crippen molar-refractivity contribution in [2.75, 3.05) is 5.32 Å². The number of nitriles is 1. The summed E-state index contributed by atoms with van der Waals surface area (Å²) in [6.07, 6.45) is 0.983. The van der Waals surface area contributed by atoms with Crippen molar-refractivity contribution >= 4 is 17.0 Å². The van der Waals surface area contributed by atoms with E-state index in [9.17, 15) is 0 Å². The molecule has 0 fully saturated rings. The summed E-state index contributed by atoms with van der Waals surface area (Å²) in [7, 11) is 0. The van der Waals surface area contributed by atoms with Gasteiger partial charge in [-0.15, -0.1) is 11.3 Å². The first-order chi connectivity index (χ1) is 8.69. The predicted molar refractivity (Wildman–Crippen MR) is 77.0 cm³/mol. The number of hydrogen-bond acceptors (Lipinski definition) is 3. The summed E-state index contributed by atoms with van der Waals surface area (Å²) in [5.41, 5.74) is 2.75.